The van der Waals surface area contributed by atoms with Crippen LogP contribution in [0.4, 0.5) is 0 Å². The van der Waals surface area contributed by atoms with Crippen molar-refractivity contribution in [3.8, 4) is 0 Å². The molecule has 2 amide bonds. The molecule has 12 heavy (non-hydrogen) atoms. The molecule has 4 heteroatoms. The van der Waals surface area contributed by atoms with Gasteiger partial charge in [0.25, 0.3) is 0 Å². The fourth-order valence-electron chi connectivity index (χ4n) is 0.797. The van der Waals surface area contributed by atoms with Crippen molar-refractivity contribution in [2.45, 2.75) is 12.8 Å². The lowest BCUT2D eigenvalue weighted by Gasteiger charge is -2.03. The molecular weight excluding hydrogens is 156 g/mol. The number of carbonyl (C=O) groups excluding carboxylic acids is 2. The highest BCUT2D eigenvalue weighted by atomic mass is 16.2. The summed E-state index contributed by atoms with van der Waals surface area (Å²) in [5.74, 6) is -0.287. The summed E-state index contributed by atoms with van der Waals surface area (Å²) in [6, 6.07) is 0. The summed E-state index contributed by atoms with van der Waals surface area (Å²) in [7, 11) is 0. The number of hydrogen-bond acceptors (Lipinski definition) is 3. The zero-order chi connectivity index (χ0) is 9.56. The molecular formula is C8H12N2O2. The molecule has 0 aromatic rings. The van der Waals surface area contributed by atoms with Gasteiger partial charge >= 0.3 is 0 Å². The van der Waals surface area contributed by atoms with E-state index in [1.165, 1.54) is 12.4 Å². The third kappa shape index (κ3) is 2.57. The van der Waals surface area contributed by atoms with Crippen molar-refractivity contribution < 1.29 is 9.59 Å². The molecule has 1 aliphatic rings. The maximum absolute atomic E-state index is 10.6. The van der Waals surface area contributed by atoms with E-state index >= 15 is 0 Å². The Kier molecular flexibility index (Phi) is 4.45. The second-order valence-electron chi connectivity index (χ2n) is 2.08. The van der Waals surface area contributed by atoms with Gasteiger partial charge < -0.3 is 5.73 Å². The average molecular weight is 168 g/mol. The topological polar surface area (TPSA) is 63.4 Å². The standard InChI is InChI=1S/C6H7NO2.C2H5N/c1-2-7-5(8)3-4-6(7)9;1-2-3/h2H,1,3-4H2;2H,1,3H2. The highest BCUT2D eigenvalue weighted by molar-refractivity contribution is 6.02. The Hall–Kier alpha value is -1.58. The highest BCUT2D eigenvalue weighted by Crippen LogP contribution is 2.10. The van der Waals surface area contributed by atoms with E-state index in [4.69, 9.17) is 0 Å². The lowest BCUT2D eigenvalue weighted by molar-refractivity contribution is -0.135. The Morgan fingerprint density at radius 3 is 1.75 bits per heavy atom. The van der Waals surface area contributed by atoms with Crippen LogP contribution in [-0.2, 0) is 9.59 Å². The van der Waals surface area contributed by atoms with Gasteiger partial charge in [-0.25, -0.2) is 0 Å². The Balaban J connectivity index is 0.000000354. The number of nitrogens with two attached hydrogens (primary N) is 1. The minimum atomic E-state index is -0.144. The first-order valence-electron chi connectivity index (χ1n) is 3.47. The second-order valence-corrected chi connectivity index (χ2v) is 2.08. The van der Waals surface area contributed by atoms with Gasteiger partial charge in [0.15, 0.2) is 0 Å². The minimum Gasteiger partial charge on any atom is -0.405 e. The minimum absolute atomic E-state index is 0.144. The third-order valence-corrected chi connectivity index (χ3v) is 1.27. The summed E-state index contributed by atoms with van der Waals surface area (Å²) in [6.07, 6.45) is 3.19. The van der Waals surface area contributed by atoms with Crippen molar-refractivity contribution >= 4 is 11.8 Å². The van der Waals surface area contributed by atoms with Crippen LogP contribution in [0.5, 0.6) is 0 Å². The van der Waals surface area contributed by atoms with Crippen LogP contribution in [0.15, 0.2) is 25.6 Å². The molecule has 1 saturated heterocycles. The van der Waals surface area contributed by atoms with Gasteiger partial charge in [-0.1, -0.05) is 13.2 Å². The van der Waals surface area contributed by atoms with Crippen LogP contribution < -0.4 is 5.73 Å². The van der Waals surface area contributed by atoms with E-state index in [0.29, 0.717) is 12.8 Å². The van der Waals surface area contributed by atoms with Gasteiger partial charge in [0.2, 0.25) is 11.8 Å². The highest BCUT2D eigenvalue weighted by Gasteiger charge is 2.25. The van der Waals surface area contributed by atoms with Crippen LogP contribution in [0.25, 0.3) is 0 Å². The fraction of sp³-hybridized carbons (Fsp3) is 0.250. The van der Waals surface area contributed by atoms with Crippen LogP contribution in [0.1, 0.15) is 12.8 Å². The largest absolute Gasteiger partial charge is 0.405 e. The van der Waals surface area contributed by atoms with Crippen LogP contribution in [0, 0.1) is 0 Å². The zero-order valence-corrected chi connectivity index (χ0v) is 6.82. The lowest BCUT2D eigenvalue weighted by Crippen LogP contribution is -2.21. The molecule has 1 rings (SSSR count). The van der Waals surface area contributed by atoms with Gasteiger partial charge in [-0.2, -0.15) is 0 Å². The molecule has 0 unspecified atom stereocenters. The molecule has 0 aliphatic carbocycles. The maximum atomic E-state index is 10.6. The van der Waals surface area contributed by atoms with Gasteiger partial charge in [-0.3, -0.25) is 14.5 Å². The van der Waals surface area contributed by atoms with Crippen molar-refractivity contribution in [1.82, 2.24) is 4.90 Å². The SMILES string of the molecule is C=CN.C=CN1C(=O)CCC1=O. The first kappa shape index (κ1) is 10.4. The molecule has 1 aliphatic heterocycles. The monoisotopic (exact) mass is 168 g/mol. The molecule has 1 heterocycles. The Bertz CT molecular complexity index is 195. The summed E-state index contributed by atoms with van der Waals surface area (Å²) in [5.41, 5.74) is 4.61. The van der Waals surface area contributed by atoms with Gasteiger partial charge in [-0.05, 0) is 6.20 Å². The number of likely N-dealkylation sites (tertiary alicyclic amines) is 1. The third-order valence-electron chi connectivity index (χ3n) is 1.27. The molecule has 0 spiro atoms. The summed E-state index contributed by atoms with van der Waals surface area (Å²) in [6.45, 7) is 6.47. The fourth-order valence-corrected chi connectivity index (χ4v) is 0.797. The number of amides is 2. The van der Waals surface area contributed by atoms with E-state index in [1.807, 2.05) is 0 Å². The average Bonchev–Trinajstić information content (AvgIpc) is 2.33. The molecule has 4 nitrogen and oxygen atoms in total. The number of hydrogen-bond donors (Lipinski definition) is 1. The van der Waals surface area contributed by atoms with E-state index < -0.39 is 0 Å². The zero-order valence-electron chi connectivity index (χ0n) is 6.82. The van der Waals surface area contributed by atoms with Gasteiger partial charge in [0.1, 0.15) is 0 Å². The quantitative estimate of drug-likeness (QED) is 0.575. The summed E-state index contributed by atoms with van der Waals surface area (Å²) >= 11 is 0. The van der Waals surface area contributed by atoms with E-state index in [0.717, 1.165) is 4.90 Å². The Morgan fingerprint density at radius 1 is 1.25 bits per heavy atom. The normalized spacial score (nSPS) is 15.2. The first-order valence-corrected chi connectivity index (χ1v) is 3.47. The molecule has 0 aromatic carbocycles. The molecule has 0 radical (unpaired) electrons. The van der Waals surface area contributed by atoms with Crippen LogP contribution in [-0.4, -0.2) is 16.7 Å². The smallest absolute Gasteiger partial charge is 0.233 e. The molecule has 0 bridgehead atoms. The summed E-state index contributed by atoms with van der Waals surface area (Å²) < 4.78 is 0. The number of nitrogens with zero attached hydrogens (tertiary/aromatic N) is 1. The molecule has 66 valence electrons. The molecule has 1 fully saturated rings. The Labute approximate surface area is 71.3 Å². The van der Waals surface area contributed by atoms with Gasteiger partial charge in [0, 0.05) is 19.0 Å². The second kappa shape index (κ2) is 5.12. The van der Waals surface area contributed by atoms with E-state index in [2.05, 4.69) is 18.9 Å². The number of imide groups is 1. The number of carbonyl (C=O) groups is 2. The van der Waals surface area contributed by atoms with Crippen molar-refractivity contribution in [2.24, 2.45) is 5.73 Å². The summed E-state index contributed by atoms with van der Waals surface area (Å²) in [4.78, 5) is 22.4. The molecule has 0 saturated carbocycles. The van der Waals surface area contributed by atoms with Crippen LogP contribution >= 0.6 is 0 Å². The molecule has 0 atom stereocenters. The molecule has 0 aromatic heterocycles. The van der Waals surface area contributed by atoms with Crippen LogP contribution in [0.3, 0.4) is 0 Å². The molecule has 2 N–H and O–H groups in total. The van der Waals surface area contributed by atoms with Crippen molar-refractivity contribution in [3.05, 3.63) is 25.6 Å². The predicted molar refractivity (Wildman–Crippen MR) is 45.7 cm³/mol. The number of rotatable bonds is 1. The van der Waals surface area contributed by atoms with E-state index in [-0.39, 0.29) is 11.8 Å². The lowest BCUT2D eigenvalue weighted by atomic mass is 10.4. The predicted octanol–water partition coefficient (Wildman–Crippen LogP) is 0.368. The van der Waals surface area contributed by atoms with Gasteiger partial charge in [-0.15, -0.1) is 0 Å². The van der Waals surface area contributed by atoms with E-state index in [9.17, 15) is 9.59 Å². The van der Waals surface area contributed by atoms with Gasteiger partial charge in [0.05, 0.1) is 0 Å². The van der Waals surface area contributed by atoms with Crippen molar-refractivity contribution in [1.29, 1.82) is 0 Å². The van der Waals surface area contributed by atoms with E-state index in [1.54, 1.807) is 0 Å². The summed E-state index contributed by atoms with van der Waals surface area (Å²) in [5, 5.41) is 0. The van der Waals surface area contributed by atoms with Crippen molar-refractivity contribution in [3.63, 3.8) is 0 Å². The Morgan fingerprint density at radius 2 is 1.58 bits per heavy atom. The van der Waals surface area contributed by atoms with Crippen LogP contribution in [0.2, 0.25) is 0 Å². The first-order chi connectivity index (χ1) is 5.67. The maximum Gasteiger partial charge on any atom is 0.233 e. The van der Waals surface area contributed by atoms with Crippen molar-refractivity contribution in [2.75, 3.05) is 0 Å².